The first kappa shape index (κ1) is 33.6. The molecule has 5 N–H and O–H groups in total. The van der Waals surface area contributed by atoms with Crippen LogP contribution in [0.4, 0.5) is 4.79 Å². The molecule has 0 aromatic carbocycles. The molecule has 0 saturated carbocycles. The van der Waals surface area contributed by atoms with E-state index in [9.17, 15) is 29.4 Å². The SMILES string of the molecule is COC1=C2C[C@@H](C)[C@H](O)[C@H](OC)[C@H](O)[C@@H](C)/C=C(\C)[C@H](OC(N)=O)C(OC)/C=C\C=C(/C)C(=O)NC(=CC1=O)C2=O. The van der Waals surface area contributed by atoms with E-state index in [1.54, 1.807) is 32.9 Å². The number of hydrogen-bond donors (Lipinski definition) is 4. The van der Waals surface area contributed by atoms with Crippen LogP contribution in [-0.4, -0.2) is 85.6 Å². The van der Waals surface area contributed by atoms with Crippen LogP contribution in [0.5, 0.6) is 0 Å². The van der Waals surface area contributed by atoms with Crippen LogP contribution < -0.4 is 11.1 Å². The van der Waals surface area contributed by atoms with Crippen molar-refractivity contribution < 1.29 is 48.3 Å². The van der Waals surface area contributed by atoms with Crippen LogP contribution in [0.25, 0.3) is 0 Å². The largest absolute Gasteiger partial charge is 0.492 e. The average molecular weight is 577 g/mol. The number of rotatable bonds is 4. The van der Waals surface area contributed by atoms with Gasteiger partial charge in [-0.1, -0.05) is 38.2 Å². The van der Waals surface area contributed by atoms with E-state index in [1.807, 2.05) is 0 Å². The van der Waals surface area contributed by atoms with Crippen molar-refractivity contribution in [3.63, 3.8) is 0 Å². The van der Waals surface area contributed by atoms with Crippen molar-refractivity contribution in [1.82, 2.24) is 5.32 Å². The molecule has 1 aliphatic heterocycles. The maximum Gasteiger partial charge on any atom is 0.405 e. The van der Waals surface area contributed by atoms with Crippen LogP contribution in [0.15, 0.2) is 58.6 Å². The number of Topliss-reactive ketones (excluding diaryl/α,β-unsaturated/α-hetero) is 1. The zero-order chi connectivity index (χ0) is 31.0. The molecule has 2 bridgehead atoms. The minimum atomic E-state index is -1.29. The third-order valence-electron chi connectivity index (χ3n) is 7.13. The second kappa shape index (κ2) is 14.9. The van der Waals surface area contributed by atoms with Gasteiger partial charge in [0.15, 0.2) is 11.9 Å². The van der Waals surface area contributed by atoms with Crippen molar-refractivity contribution in [2.75, 3.05) is 21.3 Å². The lowest BCUT2D eigenvalue weighted by Gasteiger charge is -2.33. The lowest BCUT2D eigenvalue weighted by Crippen LogP contribution is -2.45. The maximum atomic E-state index is 13.4. The molecular weight excluding hydrogens is 536 g/mol. The summed E-state index contributed by atoms with van der Waals surface area (Å²) in [5.74, 6) is -3.40. The molecule has 0 aromatic rings. The van der Waals surface area contributed by atoms with E-state index in [0.29, 0.717) is 5.57 Å². The lowest BCUT2D eigenvalue weighted by molar-refractivity contribution is -0.121. The molecule has 226 valence electrons. The van der Waals surface area contributed by atoms with Crippen LogP contribution in [0.1, 0.15) is 34.1 Å². The lowest BCUT2D eigenvalue weighted by atomic mass is 9.83. The molecule has 0 fully saturated rings. The third kappa shape index (κ3) is 8.23. The fraction of sp³-hybridized carbons (Fsp3) is 0.517. The Balaban J connectivity index is 2.66. The van der Waals surface area contributed by atoms with Gasteiger partial charge in [-0.25, -0.2) is 4.79 Å². The Morgan fingerprint density at radius 3 is 2.27 bits per heavy atom. The molecule has 2 rings (SSSR count). The molecule has 2 aliphatic rings. The minimum absolute atomic E-state index is 0.0243. The Morgan fingerprint density at radius 1 is 1.05 bits per heavy atom. The number of carbonyl (C=O) groups excluding carboxylic acids is 4. The van der Waals surface area contributed by atoms with Crippen molar-refractivity contribution in [3.8, 4) is 0 Å². The Hall–Kier alpha value is -3.58. The summed E-state index contributed by atoms with van der Waals surface area (Å²) in [4.78, 5) is 50.7. The van der Waals surface area contributed by atoms with Gasteiger partial charge in [-0.3, -0.25) is 14.4 Å². The predicted octanol–water partition coefficient (Wildman–Crippen LogP) is 1.38. The molecule has 12 nitrogen and oxygen atoms in total. The monoisotopic (exact) mass is 576 g/mol. The van der Waals surface area contributed by atoms with Gasteiger partial charge in [0.1, 0.15) is 12.2 Å². The topological polar surface area (TPSA) is 184 Å². The van der Waals surface area contributed by atoms with Crippen molar-refractivity contribution in [2.45, 2.75) is 64.6 Å². The number of aliphatic hydroxyl groups excluding tert-OH is 2. The zero-order valence-electron chi connectivity index (χ0n) is 24.4. The molecule has 0 radical (unpaired) electrons. The number of aliphatic hydroxyl groups is 2. The molecule has 0 spiro atoms. The Kier molecular flexibility index (Phi) is 12.2. The van der Waals surface area contributed by atoms with Gasteiger partial charge in [0, 0.05) is 37.4 Å². The van der Waals surface area contributed by atoms with E-state index in [2.05, 4.69) is 5.32 Å². The first-order valence-corrected chi connectivity index (χ1v) is 13.1. The second-order valence-corrected chi connectivity index (χ2v) is 10.1. The summed E-state index contributed by atoms with van der Waals surface area (Å²) < 4.78 is 21.5. The van der Waals surface area contributed by atoms with Crippen LogP contribution in [0.2, 0.25) is 0 Å². The number of nitrogens with two attached hydrogens (primary N) is 1. The summed E-state index contributed by atoms with van der Waals surface area (Å²) in [6, 6.07) is 0. The molecule has 0 saturated heterocycles. The molecule has 0 aromatic heterocycles. The van der Waals surface area contributed by atoms with Gasteiger partial charge < -0.3 is 40.2 Å². The van der Waals surface area contributed by atoms with Crippen LogP contribution in [-0.2, 0) is 33.3 Å². The third-order valence-corrected chi connectivity index (χ3v) is 7.13. The minimum Gasteiger partial charge on any atom is -0.492 e. The van der Waals surface area contributed by atoms with Crippen molar-refractivity contribution in [3.05, 3.63) is 58.6 Å². The van der Waals surface area contributed by atoms with Crippen LogP contribution in [0.3, 0.4) is 0 Å². The highest BCUT2D eigenvalue weighted by atomic mass is 16.6. The Morgan fingerprint density at radius 2 is 1.71 bits per heavy atom. The standard InChI is InChI=1S/C29H40N2O10/c1-14-9-8-10-21(38-5)25(41-29(30)37)17(4)11-15(2)22(33)27(40-7)23(34)16(3)12-18-24(35)19(31-28(14)36)13-20(32)26(18)39-6/h8-11,13,15-16,21-23,25,27,33-34H,12H2,1-7H3,(H2,30,37)(H,31,36)/b10-8-,14-9+,17-11+/t15-,16+,21?,22+,23-,25-,27+/m0/s1. The number of fused-ring (bicyclic) bond motifs is 2. The van der Waals surface area contributed by atoms with Gasteiger partial charge in [0.05, 0.1) is 25.0 Å². The number of methoxy groups -OCH3 is 3. The number of ketones is 2. The van der Waals surface area contributed by atoms with Crippen LogP contribution in [0, 0.1) is 11.8 Å². The molecule has 41 heavy (non-hydrogen) atoms. The molecule has 1 unspecified atom stereocenters. The number of hydrogen-bond acceptors (Lipinski definition) is 10. The average Bonchev–Trinajstić information content (AvgIpc) is 2.91. The highest BCUT2D eigenvalue weighted by molar-refractivity contribution is 6.23. The van der Waals surface area contributed by atoms with Gasteiger partial charge >= 0.3 is 6.09 Å². The first-order chi connectivity index (χ1) is 19.3. The number of primary amides is 1. The number of amides is 2. The molecule has 1 aliphatic carbocycles. The molecule has 7 atom stereocenters. The molecule has 2 amide bonds. The number of ether oxygens (including phenoxy) is 4. The van der Waals surface area contributed by atoms with E-state index in [4.69, 9.17) is 24.7 Å². The second-order valence-electron chi connectivity index (χ2n) is 10.1. The van der Waals surface area contributed by atoms with Crippen molar-refractivity contribution in [1.29, 1.82) is 0 Å². The highest BCUT2D eigenvalue weighted by Gasteiger charge is 2.38. The van der Waals surface area contributed by atoms with Gasteiger partial charge in [-0.15, -0.1) is 0 Å². The quantitative estimate of drug-likeness (QED) is 0.282. The summed E-state index contributed by atoms with van der Waals surface area (Å²) >= 11 is 0. The van der Waals surface area contributed by atoms with Gasteiger partial charge in [-0.05, 0) is 31.8 Å². The zero-order valence-corrected chi connectivity index (χ0v) is 24.4. The Labute approximate surface area is 239 Å². The van der Waals surface area contributed by atoms with Gasteiger partial charge in [0.2, 0.25) is 11.6 Å². The highest BCUT2D eigenvalue weighted by Crippen LogP contribution is 2.30. The van der Waals surface area contributed by atoms with Crippen molar-refractivity contribution >= 4 is 23.6 Å². The summed E-state index contributed by atoms with van der Waals surface area (Å²) in [5, 5.41) is 24.8. The number of carbonyl (C=O) groups is 4. The van der Waals surface area contributed by atoms with E-state index in [-0.39, 0.29) is 29.0 Å². The maximum absolute atomic E-state index is 13.4. The van der Waals surface area contributed by atoms with E-state index >= 15 is 0 Å². The number of allylic oxidation sites excluding steroid dienone is 4. The fourth-order valence-corrected chi connectivity index (χ4v) is 4.79. The first-order valence-electron chi connectivity index (χ1n) is 13.1. The fourth-order valence-electron chi connectivity index (χ4n) is 4.79. The van der Waals surface area contributed by atoms with Crippen molar-refractivity contribution in [2.24, 2.45) is 17.6 Å². The molecule has 1 heterocycles. The normalized spacial score (nSPS) is 34.0. The molecular formula is C29H40N2O10. The summed E-state index contributed by atoms with van der Waals surface area (Å²) in [5.41, 5.74) is 5.74. The van der Waals surface area contributed by atoms with Gasteiger partial charge in [-0.2, -0.15) is 0 Å². The van der Waals surface area contributed by atoms with E-state index < -0.39 is 65.9 Å². The predicted molar refractivity (Wildman–Crippen MR) is 148 cm³/mol. The number of nitrogens with one attached hydrogen (secondary N) is 1. The van der Waals surface area contributed by atoms with Crippen LogP contribution >= 0.6 is 0 Å². The summed E-state index contributed by atoms with van der Waals surface area (Å²) in [7, 11) is 3.97. The van der Waals surface area contributed by atoms with E-state index in [0.717, 1.165) is 6.08 Å². The van der Waals surface area contributed by atoms with Gasteiger partial charge in [0.25, 0.3) is 5.91 Å². The summed E-state index contributed by atoms with van der Waals surface area (Å²) in [6.45, 7) is 6.50. The smallest absolute Gasteiger partial charge is 0.405 e. The summed E-state index contributed by atoms with van der Waals surface area (Å²) in [6.07, 6.45) is 0.541. The van der Waals surface area contributed by atoms with E-state index in [1.165, 1.54) is 40.4 Å². The Bertz CT molecular complexity index is 1180. The molecule has 12 heteroatoms.